The van der Waals surface area contributed by atoms with E-state index >= 15 is 0 Å². The van der Waals surface area contributed by atoms with Crippen molar-refractivity contribution in [3.05, 3.63) is 18.2 Å². The Morgan fingerprint density at radius 3 is 2.63 bits per heavy atom. The molecule has 1 unspecified atom stereocenters. The van der Waals surface area contributed by atoms with Gasteiger partial charge in [0.1, 0.15) is 0 Å². The molecule has 1 saturated heterocycles. The van der Waals surface area contributed by atoms with Crippen LogP contribution in [0, 0.1) is 5.41 Å². The first-order valence-electron chi connectivity index (χ1n) is 7.63. The molecule has 19 heavy (non-hydrogen) atoms. The van der Waals surface area contributed by atoms with Crippen molar-refractivity contribution < 1.29 is 0 Å². The maximum absolute atomic E-state index is 6.06. The average molecular weight is 264 g/mol. The summed E-state index contributed by atoms with van der Waals surface area (Å²) >= 11 is 0. The van der Waals surface area contributed by atoms with Crippen LogP contribution < -0.4 is 5.73 Å². The molecule has 2 rings (SSSR count). The first-order valence-corrected chi connectivity index (χ1v) is 7.63. The number of aromatic nitrogens is 2. The van der Waals surface area contributed by atoms with Crippen molar-refractivity contribution >= 4 is 0 Å². The fraction of sp³-hybridized carbons (Fsp3) is 0.800. The van der Waals surface area contributed by atoms with Gasteiger partial charge in [-0.15, -0.1) is 0 Å². The van der Waals surface area contributed by atoms with Crippen molar-refractivity contribution in [3.63, 3.8) is 0 Å². The number of hydrogen-bond acceptors (Lipinski definition) is 3. The molecule has 0 bridgehead atoms. The Hall–Kier alpha value is -0.870. The summed E-state index contributed by atoms with van der Waals surface area (Å²) in [5, 5.41) is 0. The maximum atomic E-state index is 6.06. The van der Waals surface area contributed by atoms with Gasteiger partial charge in [0.2, 0.25) is 0 Å². The van der Waals surface area contributed by atoms with Gasteiger partial charge in [0.05, 0.1) is 18.1 Å². The van der Waals surface area contributed by atoms with E-state index in [0.29, 0.717) is 18.0 Å². The Morgan fingerprint density at radius 2 is 2.11 bits per heavy atom. The zero-order valence-corrected chi connectivity index (χ0v) is 12.6. The molecule has 0 spiro atoms. The topological polar surface area (TPSA) is 47.1 Å². The lowest BCUT2D eigenvalue weighted by Crippen LogP contribution is -2.35. The van der Waals surface area contributed by atoms with Crippen molar-refractivity contribution in [1.29, 1.82) is 0 Å². The number of rotatable bonds is 6. The second-order valence-corrected chi connectivity index (χ2v) is 5.78. The summed E-state index contributed by atoms with van der Waals surface area (Å²) in [6.45, 7) is 10.8. The van der Waals surface area contributed by atoms with Gasteiger partial charge in [-0.05, 0) is 38.1 Å². The third-order valence-electron chi connectivity index (χ3n) is 5.06. The average Bonchev–Trinajstić information content (AvgIpc) is 3.07. The highest BCUT2D eigenvalue weighted by Crippen LogP contribution is 2.40. The third kappa shape index (κ3) is 2.70. The number of likely N-dealkylation sites (tertiary alicyclic amines) is 1. The Morgan fingerprint density at radius 1 is 1.37 bits per heavy atom. The van der Waals surface area contributed by atoms with Gasteiger partial charge >= 0.3 is 0 Å². The monoisotopic (exact) mass is 264 g/mol. The van der Waals surface area contributed by atoms with Gasteiger partial charge in [0, 0.05) is 25.8 Å². The van der Waals surface area contributed by atoms with Gasteiger partial charge in [0.15, 0.2) is 0 Å². The Bertz CT molecular complexity index is 395. The van der Waals surface area contributed by atoms with Crippen LogP contribution in [0.2, 0.25) is 0 Å². The summed E-state index contributed by atoms with van der Waals surface area (Å²) in [6.07, 6.45) is 7.74. The normalized spacial score (nSPS) is 20.8. The van der Waals surface area contributed by atoms with E-state index < -0.39 is 0 Å². The van der Waals surface area contributed by atoms with Crippen LogP contribution in [0.5, 0.6) is 0 Å². The molecule has 0 saturated carbocycles. The van der Waals surface area contributed by atoms with Gasteiger partial charge < -0.3 is 10.3 Å². The van der Waals surface area contributed by atoms with E-state index in [4.69, 9.17) is 5.73 Å². The molecular formula is C15H28N4. The minimum absolute atomic E-state index is 0.322. The molecule has 2 heterocycles. The van der Waals surface area contributed by atoms with Crippen LogP contribution in [0.4, 0.5) is 0 Å². The molecule has 2 N–H and O–H groups in total. The molecule has 4 heteroatoms. The molecule has 0 radical (unpaired) electrons. The van der Waals surface area contributed by atoms with E-state index in [1.807, 2.05) is 12.5 Å². The smallest absolute Gasteiger partial charge is 0.0948 e. The number of imidazole rings is 1. The minimum atomic E-state index is 0.322. The highest BCUT2D eigenvalue weighted by atomic mass is 15.2. The van der Waals surface area contributed by atoms with Crippen LogP contribution in [0.15, 0.2) is 12.5 Å². The third-order valence-corrected chi connectivity index (χ3v) is 5.06. The quantitative estimate of drug-likeness (QED) is 0.858. The lowest BCUT2D eigenvalue weighted by atomic mass is 9.82. The minimum Gasteiger partial charge on any atom is -0.333 e. The van der Waals surface area contributed by atoms with Crippen LogP contribution in [0.1, 0.15) is 51.8 Å². The molecule has 4 nitrogen and oxygen atoms in total. The highest BCUT2D eigenvalue weighted by molar-refractivity contribution is 5.08. The number of hydrogen-bond donors (Lipinski definition) is 1. The van der Waals surface area contributed by atoms with Gasteiger partial charge in [-0.3, -0.25) is 4.90 Å². The van der Waals surface area contributed by atoms with Gasteiger partial charge in [-0.25, -0.2) is 4.98 Å². The lowest BCUT2D eigenvalue weighted by Gasteiger charge is -2.31. The van der Waals surface area contributed by atoms with Crippen molar-refractivity contribution in [2.24, 2.45) is 11.1 Å². The highest BCUT2D eigenvalue weighted by Gasteiger charge is 2.38. The molecule has 0 aliphatic carbocycles. The predicted molar refractivity (Wildman–Crippen MR) is 78.9 cm³/mol. The van der Waals surface area contributed by atoms with Crippen molar-refractivity contribution in [1.82, 2.24) is 14.5 Å². The summed E-state index contributed by atoms with van der Waals surface area (Å²) in [6, 6.07) is 0.322. The predicted octanol–water partition coefficient (Wildman–Crippen LogP) is 2.41. The van der Waals surface area contributed by atoms with Gasteiger partial charge in [0.25, 0.3) is 0 Å². The van der Waals surface area contributed by atoms with Crippen LogP contribution in [-0.4, -0.2) is 34.1 Å². The molecule has 1 aliphatic heterocycles. The van der Waals surface area contributed by atoms with Crippen LogP contribution in [-0.2, 0) is 6.54 Å². The molecule has 1 aromatic rings. The van der Waals surface area contributed by atoms with Crippen molar-refractivity contribution in [2.75, 3.05) is 19.6 Å². The molecule has 0 aromatic carbocycles. The molecule has 1 aliphatic rings. The van der Waals surface area contributed by atoms with Crippen molar-refractivity contribution in [2.45, 2.75) is 52.6 Å². The van der Waals surface area contributed by atoms with Crippen LogP contribution in [0.3, 0.4) is 0 Å². The SMILES string of the molecule is CCn1cncc1C(CN)N1CCC(CC)(CC)C1. The summed E-state index contributed by atoms with van der Waals surface area (Å²) in [5.74, 6) is 0. The van der Waals surface area contributed by atoms with E-state index in [1.165, 1.54) is 38.0 Å². The van der Waals surface area contributed by atoms with E-state index in [9.17, 15) is 0 Å². The molecular weight excluding hydrogens is 236 g/mol. The molecule has 0 amide bonds. The standard InChI is InChI=1S/C15H28N4/c1-4-15(5-2)7-8-19(11-15)13(9-16)14-10-17-12-18(14)6-3/h10,12-13H,4-9,11,16H2,1-3H3. The van der Waals surface area contributed by atoms with Crippen molar-refractivity contribution in [3.8, 4) is 0 Å². The second-order valence-electron chi connectivity index (χ2n) is 5.78. The zero-order valence-electron chi connectivity index (χ0n) is 12.6. The number of nitrogens with zero attached hydrogens (tertiary/aromatic N) is 3. The fourth-order valence-electron chi connectivity index (χ4n) is 3.39. The fourth-order valence-corrected chi connectivity index (χ4v) is 3.39. The summed E-state index contributed by atoms with van der Waals surface area (Å²) in [4.78, 5) is 6.86. The first kappa shape index (κ1) is 14.5. The lowest BCUT2D eigenvalue weighted by molar-refractivity contribution is 0.192. The molecule has 1 fully saturated rings. The number of nitrogens with two attached hydrogens (primary N) is 1. The maximum Gasteiger partial charge on any atom is 0.0948 e. The first-order chi connectivity index (χ1) is 9.19. The molecule has 1 aromatic heterocycles. The largest absolute Gasteiger partial charge is 0.333 e. The van der Waals surface area contributed by atoms with E-state index in [1.54, 1.807) is 0 Å². The van der Waals surface area contributed by atoms with E-state index in [0.717, 1.165) is 6.54 Å². The number of aryl methyl sites for hydroxylation is 1. The summed E-state index contributed by atoms with van der Waals surface area (Å²) < 4.78 is 2.22. The van der Waals surface area contributed by atoms with Gasteiger partial charge in [-0.2, -0.15) is 0 Å². The molecule has 1 atom stereocenters. The van der Waals surface area contributed by atoms with Crippen LogP contribution >= 0.6 is 0 Å². The zero-order chi connectivity index (χ0) is 13.9. The Balaban J connectivity index is 2.16. The Labute approximate surface area is 117 Å². The van der Waals surface area contributed by atoms with Crippen LogP contribution in [0.25, 0.3) is 0 Å². The summed E-state index contributed by atoms with van der Waals surface area (Å²) in [5.41, 5.74) is 7.83. The van der Waals surface area contributed by atoms with E-state index in [2.05, 4.69) is 35.2 Å². The summed E-state index contributed by atoms with van der Waals surface area (Å²) in [7, 11) is 0. The Kier molecular flexibility index (Phi) is 4.63. The van der Waals surface area contributed by atoms with E-state index in [-0.39, 0.29) is 0 Å². The second kappa shape index (κ2) is 6.06. The van der Waals surface area contributed by atoms with Gasteiger partial charge in [-0.1, -0.05) is 13.8 Å². The molecule has 108 valence electrons.